The summed E-state index contributed by atoms with van der Waals surface area (Å²) in [5.74, 6) is 0.445. The second-order valence-corrected chi connectivity index (χ2v) is 14.0. The van der Waals surface area contributed by atoms with Crippen LogP contribution in [0.3, 0.4) is 0 Å². The zero-order valence-corrected chi connectivity index (χ0v) is 29.9. The van der Waals surface area contributed by atoms with Gasteiger partial charge in [0.15, 0.2) is 0 Å². The van der Waals surface area contributed by atoms with E-state index in [2.05, 4.69) is 104 Å². The largest absolute Gasteiger partial charge is 0.353 e. The molecule has 1 heterocycles. The van der Waals surface area contributed by atoms with Gasteiger partial charge in [0.2, 0.25) is 0 Å². The molecule has 2 nitrogen and oxygen atoms in total. The molecule has 0 radical (unpaired) electrons. The number of hydrogen-bond donors (Lipinski definition) is 0. The molecule has 2 unspecified atom stereocenters. The fourth-order valence-corrected chi connectivity index (χ4v) is 7.80. The van der Waals surface area contributed by atoms with Crippen molar-refractivity contribution in [3.05, 3.63) is 84.2 Å². The lowest BCUT2D eigenvalue weighted by Gasteiger charge is -2.51. The molecule has 0 aliphatic carbocycles. The van der Waals surface area contributed by atoms with Gasteiger partial charge in [0.05, 0.1) is 0 Å². The van der Waals surface area contributed by atoms with E-state index in [1.165, 1.54) is 140 Å². The van der Waals surface area contributed by atoms with Gasteiger partial charge < -0.3 is 9.80 Å². The van der Waals surface area contributed by atoms with Crippen molar-refractivity contribution in [1.29, 1.82) is 0 Å². The van der Waals surface area contributed by atoms with Crippen LogP contribution >= 0.6 is 0 Å². The van der Waals surface area contributed by atoms with Gasteiger partial charge >= 0.3 is 0 Å². The number of nitrogens with zero attached hydrogens (tertiary/aromatic N) is 2. The summed E-state index contributed by atoms with van der Waals surface area (Å²) in [6.07, 6.45) is 35.0. The SMILES string of the molecule is CCCCCCCCCCCCCCCCN1C=CN(CCCCCCCC)C1(Cc1ccccc1)C(CC)c1ccccc1. The summed E-state index contributed by atoms with van der Waals surface area (Å²) >= 11 is 0. The number of unbranched alkanes of at least 4 members (excludes halogenated alkanes) is 18. The van der Waals surface area contributed by atoms with Crippen LogP contribution in [-0.4, -0.2) is 28.6 Å². The Bertz CT molecular complexity index is 985. The van der Waals surface area contributed by atoms with E-state index in [4.69, 9.17) is 0 Å². The predicted molar refractivity (Wildman–Crippen MR) is 199 cm³/mol. The Kier molecular flexibility index (Phi) is 19.2. The van der Waals surface area contributed by atoms with Crippen molar-refractivity contribution in [2.45, 2.75) is 174 Å². The Hall–Kier alpha value is -2.22. The van der Waals surface area contributed by atoms with Crippen LogP contribution in [0, 0.1) is 0 Å². The first-order valence-electron chi connectivity index (χ1n) is 19.6. The molecule has 1 aliphatic rings. The average Bonchev–Trinajstić information content (AvgIpc) is 3.40. The van der Waals surface area contributed by atoms with Gasteiger partial charge in [-0.15, -0.1) is 0 Å². The monoisotopic (exact) mass is 615 g/mol. The third-order valence-corrected chi connectivity index (χ3v) is 10.4. The topological polar surface area (TPSA) is 6.48 Å². The summed E-state index contributed by atoms with van der Waals surface area (Å²) in [6.45, 7) is 9.33. The second kappa shape index (κ2) is 23.2. The quantitative estimate of drug-likeness (QED) is 0.0924. The Morgan fingerprint density at radius 2 is 0.844 bits per heavy atom. The molecule has 3 rings (SSSR count). The smallest absolute Gasteiger partial charge is 0.123 e. The van der Waals surface area contributed by atoms with E-state index < -0.39 is 0 Å². The first-order valence-corrected chi connectivity index (χ1v) is 19.6. The average molecular weight is 615 g/mol. The molecule has 45 heavy (non-hydrogen) atoms. The van der Waals surface area contributed by atoms with E-state index in [0.717, 1.165) is 25.9 Å². The van der Waals surface area contributed by atoms with Crippen LogP contribution in [-0.2, 0) is 6.42 Å². The number of rotatable bonds is 27. The van der Waals surface area contributed by atoms with Crippen LogP contribution in [0.2, 0.25) is 0 Å². The van der Waals surface area contributed by atoms with Gasteiger partial charge in [-0.1, -0.05) is 197 Å². The van der Waals surface area contributed by atoms with E-state index in [1.54, 1.807) is 0 Å². The minimum absolute atomic E-state index is 0.0581. The van der Waals surface area contributed by atoms with E-state index >= 15 is 0 Å². The number of hydrogen-bond acceptors (Lipinski definition) is 2. The standard InChI is InChI=1S/C43H70N2/c1-4-7-9-11-13-14-15-16-17-18-19-20-22-30-36-45-38-37-44(35-29-21-12-10-8-5-2)43(45,39-40-31-25-23-26-32-40)42(6-3)41-33-27-24-28-34-41/h23-28,31-34,37-38,42H,4-22,29-30,35-36,39H2,1-3H3. The predicted octanol–water partition coefficient (Wildman–Crippen LogP) is 13.0. The Balaban J connectivity index is 1.60. The summed E-state index contributed by atoms with van der Waals surface area (Å²) in [4.78, 5) is 5.55. The van der Waals surface area contributed by atoms with Crippen molar-refractivity contribution in [3.8, 4) is 0 Å². The van der Waals surface area contributed by atoms with E-state index in [0.29, 0.717) is 5.92 Å². The third kappa shape index (κ3) is 12.8. The van der Waals surface area contributed by atoms with Crippen LogP contribution in [0.1, 0.15) is 173 Å². The van der Waals surface area contributed by atoms with Crippen molar-refractivity contribution in [3.63, 3.8) is 0 Å². The molecule has 0 saturated heterocycles. The van der Waals surface area contributed by atoms with Crippen LogP contribution in [0.4, 0.5) is 0 Å². The first kappa shape index (κ1) is 37.2. The third-order valence-electron chi connectivity index (χ3n) is 10.4. The fraction of sp³-hybridized carbons (Fsp3) is 0.674. The van der Waals surface area contributed by atoms with E-state index in [-0.39, 0.29) is 5.66 Å². The molecule has 2 aromatic carbocycles. The lowest BCUT2D eigenvalue weighted by Crippen LogP contribution is -2.59. The van der Waals surface area contributed by atoms with Gasteiger partial charge in [-0.25, -0.2) is 0 Å². The van der Waals surface area contributed by atoms with Gasteiger partial charge in [-0.3, -0.25) is 0 Å². The molecule has 2 aromatic rings. The zero-order valence-electron chi connectivity index (χ0n) is 29.9. The molecule has 0 saturated carbocycles. The van der Waals surface area contributed by atoms with Crippen molar-refractivity contribution in [1.82, 2.24) is 9.80 Å². The van der Waals surface area contributed by atoms with Gasteiger partial charge in [0, 0.05) is 37.8 Å². The lowest BCUT2D eigenvalue weighted by molar-refractivity contribution is -0.00378. The van der Waals surface area contributed by atoms with Crippen molar-refractivity contribution >= 4 is 0 Å². The summed E-state index contributed by atoms with van der Waals surface area (Å²) < 4.78 is 0. The highest BCUT2D eigenvalue weighted by atomic mass is 15.4. The molecule has 2 heteroatoms. The molecular formula is C43H70N2. The second-order valence-electron chi connectivity index (χ2n) is 14.0. The minimum atomic E-state index is -0.0581. The highest BCUT2D eigenvalue weighted by Crippen LogP contribution is 2.45. The van der Waals surface area contributed by atoms with Crippen LogP contribution in [0.25, 0.3) is 0 Å². The minimum Gasteiger partial charge on any atom is -0.353 e. The molecule has 0 aromatic heterocycles. The molecule has 1 aliphatic heterocycles. The molecular weight excluding hydrogens is 544 g/mol. The van der Waals surface area contributed by atoms with Crippen LogP contribution < -0.4 is 0 Å². The summed E-state index contributed by atoms with van der Waals surface area (Å²) in [5, 5.41) is 0. The molecule has 0 N–H and O–H groups in total. The zero-order chi connectivity index (χ0) is 31.8. The maximum Gasteiger partial charge on any atom is 0.123 e. The van der Waals surface area contributed by atoms with Crippen molar-refractivity contribution < 1.29 is 0 Å². The van der Waals surface area contributed by atoms with Gasteiger partial charge in [0.1, 0.15) is 5.66 Å². The summed E-state index contributed by atoms with van der Waals surface area (Å²) in [6, 6.07) is 22.7. The van der Waals surface area contributed by atoms with Crippen LogP contribution in [0.15, 0.2) is 73.1 Å². The van der Waals surface area contributed by atoms with E-state index in [1.807, 2.05) is 0 Å². The van der Waals surface area contributed by atoms with Gasteiger partial charge in [0.25, 0.3) is 0 Å². The normalized spacial score (nSPS) is 17.0. The molecule has 0 amide bonds. The Morgan fingerprint density at radius 1 is 0.467 bits per heavy atom. The highest BCUT2D eigenvalue weighted by molar-refractivity contribution is 5.30. The van der Waals surface area contributed by atoms with Crippen LogP contribution in [0.5, 0.6) is 0 Å². The molecule has 0 spiro atoms. The lowest BCUT2D eigenvalue weighted by atomic mass is 9.78. The maximum atomic E-state index is 2.78. The fourth-order valence-electron chi connectivity index (χ4n) is 7.80. The van der Waals surface area contributed by atoms with Crippen molar-refractivity contribution in [2.75, 3.05) is 13.1 Å². The Morgan fingerprint density at radius 3 is 1.24 bits per heavy atom. The highest BCUT2D eigenvalue weighted by Gasteiger charge is 2.49. The Labute approximate surface area is 280 Å². The maximum absolute atomic E-state index is 2.78. The molecule has 2 atom stereocenters. The summed E-state index contributed by atoms with van der Waals surface area (Å²) in [5.41, 5.74) is 2.88. The van der Waals surface area contributed by atoms with Gasteiger partial charge in [-0.2, -0.15) is 0 Å². The number of benzene rings is 2. The summed E-state index contributed by atoms with van der Waals surface area (Å²) in [7, 11) is 0. The van der Waals surface area contributed by atoms with Crippen molar-refractivity contribution in [2.24, 2.45) is 0 Å². The molecule has 0 bridgehead atoms. The molecule has 252 valence electrons. The first-order chi connectivity index (χ1) is 22.3. The van der Waals surface area contributed by atoms with E-state index in [9.17, 15) is 0 Å². The molecule has 0 fully saturated rings. The van der Waals surface area contributed by atoms with Gasteiger partial charge in [-0.05, 0) is 30.4 Å².